The van der Waals surface area contributed by atoms with Crippen molar-refractivity contribution in [3.05, 3.63) is 0 Å². The highest BCUT2D eigenvalue weighted by Crippen LogP contribution is 2.25. The monoisotopic (exact) mass is 224 g/mol. The lowest BCUT2D eigenvalue weighted by Gasteiger charge is -2.20. The van der Waals surface area contributed by atoms with E-state index < -0.39 is 12.1 Å². The first-order valence-corrected chi connectivity index (χ1v) is 5.81. The van der Waals surface area contributed by atoms with E-state index in [0.29, 0.717) is 25.0 Å². The Morgan fingerprint density at radius 1 is 1.12 bits per heavy atom. The molecule has 1 saturated carbocycles. The summed E-state index contributed by atoms with van der Waals surface area (Å²) in [5.41, 5.74) is 0. The van der Waals surface area contributed by atoms with Crippen LogP contribution in [0.4, 0.5) is 4.79 Å². The third-order valence-electron chi connectivity index (χ3n) is 3.34. The molecule has 0 bridgehead atoms. The molecule has 2 N–H and O–H groups in total. The highest BCUT2D eigenvalue weighted by Gasteiger charge is 2.31. The summed E-state index contributed by atoms with van der Waals surface area (Å²) in [7, 11) is 0. The third-order valence-corrected chi connectivity index (χ3v) is 3.34. The van der Waals surface area contributed by atoms with Gasteiger partial charge in [0, 0.05) is 12.3 Å². The quantitative estimate of drug-likeness (QED) is 0.694. The molecule has 2 aliphatic rings. The molecule has 5 heteroatoms. The first kappa shape index (κ1) is 11.1. The maximum absolute atomic E-state index is 11.6. The zero-order chi connectivity index (χ0) is 11.5. The van der Waals surface area contributed by atoms with Crippen LogP contribution in [-0.4, -0.2) is 23.8 Å². The number of ketones is 1. The maximum Gasteiger partial charge on any atom is 0.322 e. The Bertz CT molecular complexity index is 327. The molecular formula is C11H16N2O3. The number of rotatable bonds is 3. The van der Waals surface area contributed by atoms with Crippen LogP contribution in [0.15, 0.2) is 0 Å². The predicted octanol–water partition coefficient (Wildman–Crippen LogP) is 0.734. The Kier molecular flexibility index (Phi) is 3.22. The molecule has 2 rings (SSSR count). The molecule has 0 aromatic carbocycles. The number of Topliss-reactive ketones (excluding diaryl/α,β-unsaturated/α-hetero) is 1. The standard InChI is InChI=1S/C11H16N2O3/c14-9-4-2-1-3-7(9)5-6-8-10(15)13-11(16)12-8/h7-8H,1-6H2,(H2,12,13,15,16). The summed E-state index contributed by atoms with van der Waals surface area (Å²) in [6, 6.07) is -0.868. The van der Waals surface area contributed by atoms with E-state index in [0.717, 1.165) is 19.3 Å². The molecule has 0 aromatic heterocycles. The Morgan fingerprint density at radius 2 is 1.94 bits per heavy atom. The zero-order valence-electron chi connectivity index (χ0n) is 9.12. The van der Waals surface area contributed by atoms with Gasteiger partial charge >= 0.3 is 6.03 Å². The largest absolute Gasteiger partial charge is 0.326 e. The number of imide groups is 1. The fraction of sp³-hybridized carbons (Fsp3) is 0.727. The summed E-state index contributed by atoms with van der Waals surface area (Å²) in [5, 5.41) is 4.74. The summed E-state index contributed by atoms with van der Waals surface area (Å²) in [6.45, 7) is 0. The average Bonchev–Trinajstić information content (AvgIpc) is 2.56. The van der Waals surface area contributed by atoms with Crippen molar-refractivity contribution in [1.29, 1.82) is 0 Å². The fourth-order valence-corrected chi connectivity index (χ4v) is 2.39. The van der Waals surface area contributed by atoms with Gasteiger partial charge in [-0.1, -0.05) is 6.42 Å². The van der Waals surface area contributed by atoms with Crippen LogP contribution in [0.1, 0.15) is 38.5 Å². The topological polar surface area (TPSA) is 75.3 Å². The van der Waals surface area contributed by atoms with Gasteiger partial charge in [0.15, 0.2) is 0 Å². The van der Waals surface area contributed by atoms with Gasteiger partial charge in [0.1, 0.15) is 11.8 Å². The smallest absolute Gasteiger partial charge is 0.322 e. The van der Waals surface area contributed by atoms with Crippen molar-refractivity contribution in [1.82, 2.24) is 10.6 Å². The Morgan fingerprint density at radius 3 is 2.56 bits per heavy atom. The molecule has 1 aliphatic heterocycles. The molecule has 88 valence electrons. The number of nitrogens with one attached hydrogen (secondary N) is 2. The SMILES string of the molecule is O=C1NC(=O)C(CCC2CCCCC2=O)N1. The van der Waals surface area contributed by atoms with Gasteiger partial charge in [0.05, 0.1) is 0 Å². The lowest BCUT2D eigenvalue weighted by molar-refractivity contribution is -0.125. The van der Waals surface area contributed by atoms with Gasteiger partial charge in [-0.2, -0.15) is 0 Å². The number of amides is 3. The van der Waals surface area contributed by atoms with Crippen LogP contribution in [0.25, 0.3) is 0 Å². The summed E-state index contributed by atoms with van der Waals surface area (Å²) in [6.07, 6.45) is 4.97. The van der Waals surface area contributed by atoms with Gasteiger partial charge in [-0.3, -0.25) is 14.9 Å². The van der Waals surface area contributed by atoms with E-state index in [-0.39, 0.29) is 11.8 Å². The molecule has 2 fully saturated rings. The molecule has 5 nitrogen and oxygen atoms in total. The van der Waals surface area contributed by atoms with Crippen molar-refractivity contribution < 1.29 is 14.4 Å². The van der Waals surface area contributed by atoms with Gasteiger partial charge in [0.25, 0.3) is 5.91 Å². The lowest BCUT2D eigenvalue weighted by Crippen LogP contribution is -2.30. The molecule has 2 atom stereocenters. The molecule has 1 aliphatic carbocycles. The summed E-state index contributed by atoms with van der Waals surface area (Å²) in [4.78, 5) is 33.7. The second-order valence-corrected chi connectivity index (χ2v) is 4.50. The van der Waals surface area contributed by atoms with Gasteiger partial charge in [-0.25, -0.2) is 4.79 Å². The van der Waals surface area contributed by atoms with Crippen LogP contribution in [0.3, 0.4) is 0 Å². The molecule has 16 heavy (non-hydrogen) atoms. The molecule has 0 aromatic rings. The second-order valence-electron chi connectivity index (χ2n) is 4.50. The summed E-state index contributed by atoms with van der Waals surface area (Å²) in [5.74, 6) is 0.142. The highest BCUT2D eigenvalue weighted by atomic mass is 16.2. The lowest BCUT2D eigenvalue weighted by atomic mass is 9.84. The van der Waals surface area contributed by atoms with Crippen LogP contribution >= 0.6 is 0 Å². The van der Waals surface area contributed by atoms with E-state index >= 15 is 0 Å². The number of hydrogen-bond donors (Lipinski definition) is 2. The normalized spacial score (nSPS) is 30.1. The highest BCUT2D eigenvalue weighted by molar-refractivity contribution is 6.04. The van der Waals surface area contributed by atoms with Crippen molar-refractivity contribution in [2.75, 3.05) is 0 Å². The van der Waals surface area contributed by atoms with Crippen molar-refractivity contribution >= 4 is 17.7 Å². The van der Waals surface area contributed by atoms with E-state index in [1.165, 1.54) is 0 Å². The molecule has 2 unspecified atom stereocenters. The molecule has 3 amide bonds. The number of carbonyl (C=O) groups is 3. The Balaban J connectivity index is 1.80. The number of carbonyl (C=O) groups excluding carboxylic acids is 3. The average molecular weight is 224 g/mol. The van der Waals surface area contributed by atoms with E-state index in [2.05, 4.69) is 10.6 Å². The third kappa shape index (κ3) is 2.40. The van der Waals surface area contributed by atoms with Crippen molar-refractivity contribution in [2.45, 2.75) is 44.6 Å². The van der Waals surface area contributed by atoms with Gasteiger partial charge < -0.3 is 5.32 Å². The maximum atomic E-state index is 11.6. The van der Waals surface area contributed by atoms with Gasteiger partial charge in [-0.15, -0.1) is 0 Å². The minimum absolute atomic E-state index is 0.0963. The molecule has 0 radical (unpaired) electrons. The van der Waals surface area contributed by atoms with E-state index in [9.17, 15) is 14.4 Å². The first-order valence-electron chi connectivity index (χ1n) is 5.81. The minimum atomic E-state index is -0.442. The van der Waals surface area contributed by atoms with Crippen LogP contribution in [0.5, 0.6) is 0 Å². The van der Waals surface area contributed by atoms with Crippen LogP contribution in [0.2, 0.25) is 0 Å². The van der Waals surface area contributed by atoms with Gasteiger partial charge in [-0.05, 0) is 25.7 Å². The Labute approximate surface area is 94.0 Å². The Hall–Kier alpha value is -1.39. The number of hydrogen-bond acceptors (Lipinski definition) is 3. The van der Waals surface area contributed by atoms with Crippen LogP contribution in [0, 0.1) is 5.92 Å². The van der Waals surface area contributed by atoms with Crippen molar-refractivity contribution in [2.24, 2.45) is 5.92 Å². The van der Waals surface area contributed by atoms with Crippen LogP contribution in [-0.2, 0) is 9.59 Å². The predicted molar refractivity (Wildman–Crippen MR) is 56.7 cm³/mol. The van der Waals surface area contributed by atoms with Crippen molar-refractivity contribution in [3.63, 3.8) is 0 Å². The summed E-state index contributed by atoms with van der Waals surface area (Å²) >= 11 is 0. The van der Waals surface area contributed by atoms with E-state index in [4.69, 9.17) is 0 Å². The molecule has 0 spiro atoms. The van der Waals surface area contributed by atoms with E-state index in [1.54, 1.807) is 0 Å². The molecule has 1 saturated heterocycles. The fourth-order valence-electron chi connectivity index (χ4n) is 2.39. The second kappa shape index (κ2) is 4.63. The first-order chi connectivity index (χ1) is 7.66. The molecular weight excluding hydrogens is 208 g/mol. The number of urea groups is 1. The molecule has 1 heterocycles. The minimum Gasteiger partial charge on any atom is -0.326 e. The zero-order valence-corrected chi connectivity index (χ0v) is 9.12. The van der Waals surface area contributed by atoms with E-state index in [1.807, 2.05) is 0 Å². The van der Waals surface area contributed by atoms with Crippen LogP contribution < -0.4 is 10.6 Å². The van der Waals surface area contributed by atoms with Crippen molar-refractivity contribution in [3.8, 4) is 0 Å². The van der Waals surface area contributed by atoms with Gasteiger partial charge in [0.2, 0.25) is 0 Å². The summed E-state index contributed by atoms with van der Waals surface area (Å²) < 4.78 is 0.